The van der Waals surface area contributed by atoms with Gasteiger partial charge in [0, 0.05) is 23.9 Å². The highest BCUT2D eigenvalue weighted by Crippen LogP contribution is 2.34. The van der Waals surface area contributed by atoms with Crippen molar-refractivity contribution in [1.29, 1.82) is 0 Å². The van der Waals surface area contributed by atoms with Crippen LogP contribution < -0.4 is 4.74 Å². The summed E-state index contributed by atoms with van der Waals surface area (Å²) in [6, 6.07) is 4.54. The van der Waals surface area contributed by atoms with Crippen LogP contribution >= 0.6 is 11.6 Å². The Hall–Kier alpha value is -1.92. The van der Waals surface area contributed by atoms with Crippen LogP contribution in [0, 0.1) is 10.1 Å². The predicted octanol–water partition coefficient (Wildman–Crippen LogP) is 3.35. The van der Waals surface area contributed by atoms with Gasteiger partial charge < -0.3 is 9.47 Å². The standard InChI is InChI=1S/C14H13ClN2O4/c15-9-6-12-11(13(7-9)17(18)19)3-4-16-14(12)21-8-10-2-1-5-20-10/h3-4,6-7,10H,1-2,5,8H2. The van der Waals surface area contributed by atoms with E-state index in [1.807, 2.05) is 0 Å². The summed E-state index contributed by atoms with van der Waals surface area (Å²) >= 11 is 5.95. The normalized spacial score (nSPS) is 18.0. The van der Waals surface area contributed by atoms with Crippen LogP contribution in [0.4, 0.5) is 5.69 Å². The first-order chi connectivity index (χ1) is 10.1. The highest BCUT2D eigenvalue weighted by atomic mass is 35.5. The molecule has 1 atom stereocenters. The third-order valence-electron chi connectivity index (χ3n) is 3.41. The van der Waals surface area contributed by atoms with Crippen LogP contribution in [0.5, 0.6) is 5.88 Å². The molecule has 1 aliphatic heterocycles. The van der Waals surface area contributed by atoms with Crippen molar-refractivity contribution in [3.05, 3.63) is 39.5 Å². The van der Waals surface area contributed by atoms with Crippen molar-refractivity contribution in [2.24, 2.45) is 0 Å². The molecule has 1 aliphatic rings. The Morgan fingerprint density at radius 1 is 1.48 bits per heavy atom. The third-order valence-corrected chi connectivity index (χ3v) is 3.63. The Kier molecular flexibility index (Phi) is 3.90. The fraction of sp³-hybridized carbons (Fsp3) is 0.357. The molecule has 21 heavy (non-hydrogen) atoms. The van der Waals surface area contributed by atoms with E-state index in [0.717, 1.165) is 19.4 Å². The van der Waals surface area contributed by atoms with E-state index in [1.54, 1.807) is 12.1 Å². The van der Waals surface area contributed by atoms with Gasteiger partial charge in [-0.25, -0.2) is 4.98 Å². The lowest BCUT2D eigenvalue weighted by molar-refractivity contribution is -0.383. The second-order valence-corrected chi connectivity index (χ2v) is 5.28. The van der Waals surface area contributed by atoms with Gasteiger partial charge in [-0.3, -0.25) is 10.1 Å². The number of ether oxygens (including phenoxy) is 2. The number of halogens is 1. The van der Waals surface area contributed by atoms with Crippen LogP contribution in [0.1, 0.15) is 12.8 Å². The Labute approximate surface area is 125 Å². The molecule has 1 aromatic carbocycles. The molecule has 2 aromatic rings. The molecular weight excluding hydrogens is 296 g/mol. The summed E-state index contributed by atoms with van der Waals surface area (Å²) in [4.78, 5) is 14.8. The predicted molar refractivity (Wildman–Crippen MR) is 77.9 cm³/mol. The van der Waals surface area contributed by atoms with Gasteiger partial charge in [-0.2, -0.15) is 0 Å². The maximum Gasteiger partial charge on any atom is 0.278 e. The van der Waals surface area contributed by atoms with Gasteiger partial charge in [-0.15, -0.1) is 0 Å². The maximum absolute atomic E-state index is 11.1. The largest absolute Gasteiger partial charge is 0.474 e. The first-order valence-electron chi connectivity index (χ1n) is 6.62. The summed E-state index contributed by atoms with van der Waals surface area (Å²) in [5.41, 5.74) is -0.0538. The van der Waals surface area contributed by atoms with E-state index in [2.05, 4.69) is 4.98 Å². The summed E-state index contributed by atoms with van der Waals surface area (Å²) in [6.45, 7) is 1.13. The molecule has 1 fully saturated rings. The van der Waals surface area contributed by atoms with Crippen LogP contribution in [-0.4, -0.2) is 29.2 Å². The summed E-state index contributed by atoms with van der Waals surface area (Å²) in [7, 11) is 0. The maximum atomic E-state index is 11.1. The lowest BCUT2D eigenvalue weighted by Gasteiger charge is -2.12. The Balaban J connectivity index is 1.96. The highest BCUT2D eigenvalue weighted by Gasteiger charge is 2.19. The summed E-state index contributed by atoms with van der Waals surface area (Å²) in [6.07, 6.45) is 3.52. The quantitative estimate of drug-likeness (QED) is 0.639. The van der Waals surface area contributed by atoms with Gasteiger partial charge >= 0.3 is 0 Å². The van der Waals surface area contributed by atoms with Crippen molar-refractivity contribution in [2.45, 2.75) is 18.9 Å². The molecule has 0 amide bonds. The zero-order chi connectivity index (χ0) is 14.8. The van der Waals surface area contributed by atoms with E-state index in [-0.39, 0.29) is 16.8 Å². The molecule has 0 radical (unpaired) electrons. The first-order valence-corrected chi connectivity index (χ1v) is 7.00. The molecule has 0 spiro atoms. The minimum atomic E-state index is -0.460. The van der Waals surface area contributed by atoms with Gasteiger partial charge in [0.1, 0.15) is 6.61 Å². The first kappa shape index (κ1) is 14.0. The zero-order valence-electron chi connectivity index (χ0n) is 11.1. The van der Waals surface area contributed by atoms with E-state index in [4.69, 9.17) is 21.1 Å². The minimum Gasteiger partial charge on any atom is -0.474 e. The van der Waals surface area contributed by atoms with Crippen LogP contribution in [0.15, 0.2) is 24.4 Å². The number of rotatable bonds is 4. The topological polar surface area (TPSA) is 74.5 Å². The lowest BCUT2D eigenvalue weighted by Crippen LogP contribution is -2.16. The van der Waals surface area contributed by atoms with Crippen LogP contribution in [-0.2, 0) is 4.74 Å². The molecule has 1 aromatic heterocycles. The molecular formula is C14H13ClN2O4. The average molecular weight is 309 g/mol. The summed E-state index contributed by atoms with van der Waals surface area (Å²) < 4.78 is 11.2. The fourth-order valence-electron chi connectivity index (χ4n) is 2.42. The molecule has 2 heterocycles. The molecule has 0 bridgehead atoms. The summed E-state index contributed by atoms with van der Waals surface area (Å²) in [5.74, 6) is 0.341. The van der Waals surface area contributed by atoms with Crippen molar-refractivity contribution in [3.8, 4) is 5.88 Å². The molecule has 7 heteroatoms. The molecule has 0 saturated carbocycles. The molecule has 0 N–H and O–H groups in total. The number of hydrogen-bond donors (Lipinski definition) is 0. The number of benzene rings is 1. The highest BCUT2D eigenvalue weighted by molar-refractivity contribution is 6.31. The molecule has 1 unspecified atom stereocenters. The average Bonchev–Trinajstić information content (AvgIpc) is 2.97. The number of pyridine rings is 1. The van der Waals surface area contributed by atoms with Crippen molar-refractivity contribution in [2.75, 3.05) is 13.2 Å². The number of nitrogens with zero attached hydrogens (tertiary/aromatic N) is 2. The number of fused-ring (bicyclic) bond motifs is 1. The van der Waals surface area contributed by atoms with Gasteiger partial charge in [-0.1, -0.05) is 11.6 Å². The number of nitro benzene ring substituents is 1. The van der Waals surface area contributed by atoms with Gasteiger partial charge in [0.05, 0.1) is 21.8 Å². The molecule has 1 saturated heterocycles. The van der Waals surface area contributed by atoms with E-state index >= 15 is 0 Å². The summed E-state index contributed by atoms with van der Waals surface area (Å²) in [5, 5.41) is 12.4. The lowest BCUT2D eigenvalue weighted by atomic mass is 10.1. The van der Waals surface area contributed by atoms with Crippen LogP contribution in [0.25, 0.3) is 10.8 Å². The van der Waals surface area contributed by atoms with Crippen LogP contribution in [0.3, 0.4) is 0 Å². The number of nitro groups is 1. The van der Waals surface area contributed by atoms with Crippen molar-refractivity contribution >= 4 is 28.1 Å². The smallest absolute Gasteiger partial charge is 0.278 e. The minimum absolute atomic E-state index is 0.0521. The van der Waals surface area contributed by atoms with E-state index in [9.17, 15) is 10.1 Å². The second kappa shape index (κ2) is 5.83. The Morgan fingerprint density at radius 2 is 2.33 bits per heavy atom. The number of hydrogen-bond acceptors (Lipinski definition) is 5. The van der Waals surface area contributed by atoms with Gasteiger partial charge in [-0.05, 0) is 25.0 Å². The molecule has 6 nitrogen and oxygen atoms in total. The van der Waals surface area contributed by atoms with E-state index in [0.29, 0.717) is 23.3 Å². The van der Waals surface area contributed by atoms with Crippen LogP contribution in [0.2, 0.25) is 5.02 Å². The number of aromatic nitrogens is 1. The monoisotopic (exact) mass is 308 g/mol. The zero-order valence-corrected chi connectivity index (χ0v) is 11.9. The van der Waals surface area contributed by atoms with E-state index < -0.39 is 4.92 Å². The van der Waals surface area contributed by atoms with Gasteiger partial charge in [0.15, 0.2) is 0 Å². The molecule has 0 aliphatic carbocycles. The fourth-order valence-corrected chi connectivity index (χ4v) is 2.63. The number of non-ortho nitro benzene ring substituents is 1. The second-order valence-electron chi connectivity index (χ2n) is 4.84. The molecule has 110 valence electrons. The Bertz CT molecular complexity index is 686. The van der Waals surface area contributed by atoms with Gasteiger partial charge in [0.2, 0.25) is 5.88 Å². The van der Waals surface area contributed by atoms with E-state index in [1.165, 1.54) is 12.3 Å². The third kappa shape index (κ3) is 2.91. The van der Waals surface area contributed by atoms with Crippen molar-refractivity contribution in [1.82, 2.24) is 4.98 Å². The SMILES string of the molecule is O=[N+]([O-])c1cc(Cl)cc2c(OCC3CCCO3)nccc12. The van der Waals surface area contributed by atoms with Crippen molar-refractivity contribution in [3.63, 3.8) is 0 Å². The molecule has 3 rings (SSSR count). The van der Waals surface area contributed by atoms with Gasteiger partial charge in [0.25, 0.3) is 5.69 Å². The van der Waals surface area contributed by atoms with Crippen molar-refractivity contribution < 1.29 is 14.4 Å². The Morgan fingerprint density at radius 3 is 3.05 bits per heavy atom.